The van der Waals surface area contributed by atoms with Crippen LogP contribution in [0.4, 0.5) is 0 Å². The van der Waals surface area contributed by atoms with Crippen LogP contribution in [0.2, 0.25) is 0 Å². The second kappa shape index (κ2) is 3.98. The molecule has 60 valence electrons. The van der Waals surface area contributed by atoms with Crippen molar-refractivity contribution in [2.75, 3.05) is 0 Å². The third-order valence-electron chi connectivity index (χ3n) is 1.14. The Morgan fingerprint density at radius 3 is 2.45 bits per heavy atom. The molecule has 1 aromatic rings. The highest BCUT2D eigenvalue weighted by Gasteiger charge is 2.07. The lowest BCUT2D eigenvalue weighted by atomic mass is 10.4. The molecule has 0 amide bonds. The molecule has 5 heteroatoms. The van der Waals surface area contributed by atoms with E-state index in [9.17, 15) is 0 Å². The van der Waals surface area contributed by atoms with Crippen LogP contribution in [0.5, 0.6) is 0 Å². The van der Waals surface area contributed by atoms with Crippen molar-refractivity contribution in [2.45, 2.75) is 6.61 Å². The first-order valence-corrected chi connectivity index (χ1v) is 5.14. The van der Waals surface area contributed by atoms with Gasteiger partial charge in [0, 0.05) is 10.7 Å². The zero-order valence-corrected chi connectivity index (χ0v) is 10.1. The Balaban J connectivity index is 3.25. The van der Waals surface area contributed by atoms with Gasteiger partial charge in [-0.25, -0.2) is 0 Å². The van der Waals surface area contributed by atoms with E-state index in [0.29, 0.717) is 5.69 Å². The minimum absolute atomic E-state index is 0.0630. The summed E-state index contributed by atoms with van der Waals surface area (Å²) in [4.78, 5) is 3.98. The van der Waals surface area contributed by atoms with E-state index in [-0.39, 0.29) is 6.61 Å². The second-order valence-electron chi connectivity index (χ2n) is 1.84. The van der Waals surface area contributed by atoms with Crippen LogP contribution < -0.4 is 0 Å². The summed E-state index contributed by atoms with van der Waals surface area (Å²) < 4.78 is 2.52. The van der Waals surface area contributed by atoms with Crippen LogP contribution >= 0.6 is 47.8 Å². The second-order valence-corrected chi connectivity index (χ2v) is 4.28. The lowest BCUT2D eigenvalue weighted by Gasteiger charge is -2.02. The molecule has 0 radical (unpaired) electrons. The third-order valence-corrected chi connectivity index (χ3v) is 4.48. The molecule has 2 nitrogen and oxygen atoms in total. The SMILES string of the molecule is OCc1ncc(Br)c(Br)c1Br. The van der Waals surface area contributed by atoms with Gasteiger partial charge < -0.3 is 5.11 Å². The highest BCUT2D eigenvalue weighted by Crippen LogP contribution is 2.31. The molecule has 0 spiro atoms. The number of aromatic nitrogens is 1. The molecule has 11 heavy (non-hydrogen) atoms. The number of halogens is 3. The normalized spacial score (nSPS) is 10.2. The maximum absolute atomic E-state index is 8.81. The highest BCUT2D eigenvalue weighted by atomic mass is 79.9. The van der Waals surface area contributed by atoms with Gasteiger partial charge in [0.2, 0.25) is 0 Å². The molecule has 1 heterocycles. The first kappa shape index (κ1) is 9.64. The van der Waals surface area contributed by atoms with Gasteiger partial charge in [0.1, 0.15) is 0 Å². The monoisotopic (exact) mass is 343 g/mol. The minimum atomic E-state index is -0.0630. The number of hydrogen-bond donors (Lipinski definition) is 1. The summed E-state index contributed by atoms with van der Waals surface area (Å²) in [5, 5.41) is 8.81. The van der Waals surface area contributed by atoms with E-state index in [2.05, 4.69) is 52.8 Å². The fourth-order valence-corrected chi connectivity index (χ4v) is 1.93. The van der Waals surface area contributed by atoms with Crippen molar-refractivity contribution in [3.05, 3.63) is 25.3 Å². The summed E-state index contributed by atoms with van der Waals surface area (Å²) in [6.07, 6.45) is 1.64. The Morgan fingerprint density at radius 1 is 1.27 bits per heavy atom. The van der Waals surface area contributed by atoms with E-state index in [1.54, 1.807) is 6.20 Å². The Bertz CT molecular complexity index is 277. The number of aliphatic hydroxyl groups excluding tert-OH is 1. The van der Waals surface area contributed by atoms with Crippen LogP contribution in [0, 0.1) is 0 Å². The summed E-state index contributed by atoms with van der Waals surface area (Å²) in [6.45, 7) is -0.0630. The van der Waals surface area contributed by atoms with Crippen molar-refractivity contribution >= 4 is 47.8 Å². The van der Waals surface area contributed by atoms with E-state index >= 15 is 0 Å². The molecule has 0 aliphatic rings. The number of aliphatic hydroxyl groups is 1. The molecule has 0 aromatic carbocycles. The van der Waals surface area contributed by atoms with E-state index in [0.717, 1.165) is 13.4 Å². The minimum Gasteiger partial charge on any atom is -0.390 e. The van der Waals surface area contributed by atoms with Crippen molar-refractivity contribution in [1.29, 1.82) is 0 Å². The molecule has 0 unspecified atom stereocenters. The Hall–Kier alpha value is 0.550. The summed E-state index contributed by atoms with van der Waals surface area (Å²) in [5.41, 5.74) is 0.625. The molecule has 0 fully saturated rings. The predicted molar refractivity (Wildman–Crippen MR) is 53.3 cm³/mol. The number of rotatable bonds is 1. The van der Waals surface area contributed by atoms with Gasteiger partial charge in [0.15, 0.2) is 0 Å². The van der Waals surface area contributed by atoms with Crippen LogP contribution in [-0.2, 0) is 6.61 Å². The predicted octanol–water partition coefficient (Wildman–Crippen LogP) is 2.86. The van der Waals surface area contributed by atoms with Gasteiger partial charge in [-0.05, 0) is 47.8 Å². The summed E-state index contributed by atoms with van der Waals surface area (Å²) in [7, 11) is 0. The van der Waals surface area contributed by atoms with Crippen molar-refractivity contribution in [2.24, 2.45) is 0 Å². The van der Waals surface area contributed by atoms with E-state index in [4.69, 9.17) is 5.11 Å². The van der Waals surface area contributed by atoms with Gasteiger partial charge in [-0.1, -0.05) is 0 Å². The maximum Gasteiger partial charge on any atom is 0.0864 e. The maximum atomic E-state index is 8.81. The van der Waals surface area contributed by atoms with Crippen molar-refractivity contribution in [3.63, 3.8) is 0 Å². The van der Waals surface area contributed by atoms with Crippen LogP contribution in [-0.4, -0.2) is 10.1 Å². The molecule has 0 aliphatic heterocycles. The topological polar surface area (TPSA) is 33.1 Å². The molecule has 0 aliphatic carbocycles. The first-order valence-electron chi connectivity index (χ1n) is 2.76. The lowest BCUT2D eigenvalue weighted by molar-refractivity contribution is 0.276. The largest absolute Gasteiger partial charge is 0.390 e. The van der Waals surface area contributed by atoms with Gasteiger partial charge in [-0.2, -0.15) is 0 Å². The standard InChI is InChI=1S/C6H4Br3NO/c7-3-1-10-4(2-11)6(9)5(3)8/h1,11H,2H2. The molecule has 0 bridgehead atoms. The van der Waals surface area contributed by atoms with Crippen LogP contribution in [0.15, 0.2) is 19.6 Å². The van der Waals surface area contributed by atoms with Crippen molar-refractivity contribution < 1.29 is 5.11 Å². The average Bonchev–Trinajstić information content (AvgIpc) is 2.01. The molecule has 1 N–H and O–H groups in total. The van der Waals surface area contributed by atoms with Crippen molar-refractivity contribution in [1.82, 2.24) is 4.98 Å². The third kappa shape index (κ3) is 2.02. The van der Waals surface area contributed by atoms with Gasteiger partial charge in [0.25, 0.3) is 0 Å². The number of pyridine rings is 1. The molecule has 0 atom stereocenters. The van der Waals surface area contributed by atoms with E-state index in [1.165, 1.54) is 0 Å². The fourth-order valence-electron chi connectivity index (χ4n) is 0.590. The molecule has 1 rings (SSSR count). The number of hydrogen-bond acceptors (Lipinski definition) is 2. The molecular weight excluding hydrogens is 342 g/mol. The van der Waals surface area contributed by atoms with E-state index < -0.39 is 0 Å². The van der Waals surface area contributed by atoms with E-state index in [1.807, 2.05) is 0 Å². The first-order chi connectivity index (χ1) is 5.16. The summed E-state index contributed by atoms with van der Waals surface area (Å²) in [5.74, 6) is 0. The highest BCUT2D eigenvalue weighted by molar-refractivity contribution is 9.14. The Labute approximate surface area is 89.4 Å². The van der Waals surface area contributed by atoms with Gasteiger partial charge >= 0.3 is 0 Å². The molecular formula is C6H4Br3NO. The average molecular weight is 346 g/mol. The molecule has 0 saturated heterocycles. The zero-order valence-electron chi connectivity index (χ0n) is 5.31. The summed E-state index contributed by atoms with van der Waals surface area (Å²) in [6, 6.07) is 0. The Morgan fingerprint density at radius 2 is 1.91 bits per heavy atom. The fraction of sp³-hybridized carbons (Fsp3) is 0.167. The van der Waals surface area contributed by atoms with Crippen LogP contribution in [0.3, 0.4) is 0 Å². The quantitative estimate of drug-likeness (QED) is 0.849. The number of nitrogens with zero attached hydrogens (tertiary/aromatic N) is 1. The smallest absolute Gasteiger partial charge is 0.0864 e. The van der Waals surface area contributed by atoms with Crippen molar-refractivity contribution in [3.8, 4) is 0 Å². The molecule has 0 saturated carbocycles. The van der Waals surface area contributed by atoms with Gasteiger partial charge in [-0.15, -0.1) is 0 Å². The van der Waals surface area contributed by atoms with Gasteiger partial charge in [0.05, 0.1) is 21.2 Å². The lowest BCUT2D eigenvalue weighted by Crippen LogP contribution is -1.91. The van der Waals surface area contributed by atoms with Gasteiger partial charge in [-0.3, -0.25) is 4.98 Å². The van der Waals surface area contributed by atoms with Crippen LogP contribution in [0.25, 0.3) is 0 Å². The van der Waals surface area contributed by atoms with Crippen LogP contribution in [0.1, 0.15) is 5.69 Å². The zero-order chi connectivity index (χ0) is 8.43. The molecule has 1 aromatic heterocycles. The Kier molecular flexibility index (Phi) is 3.49. The summed E-state index contributed by atoms with van der Waals surface area (Å²) >= 11 is 9.91.